The third kappa shape index (κ3) is 4.69. The molecule has 1 aliphatic rings. The molecule has 1 aliphatic carbocycles. The van der Waals surface area contributed by atoms with Crippen LogP contribution in [0.5, 0.6) is 0 Å². The Kier molecular flexibility index (Phi) is 7.23. The molecule has 31 heavy (non-hydrogen) atoms. The third-order valence-electron chi connectivity index (χ3n) is 5.98. The van der Waals surface area contributed by atoms with Crippen molar-refractivity contribution in [1.82, 2.24) is 10.6 Å². The molecule has 0 bridgehead atoms. The molecule has 162 valence electrons. The van der Waals surface area contributed by atoms with E-state index in [4.69, 9.17) is 17.0 Å². The fourth-order valence-corrected chi connectivity index (χ4v) is 4.42. The highest BCUT2D eigenvalue weighted by Crippen LogP contribution is 2.46. The summed E-state index contributed by atoms with van der Waals surface area (Å²) in [6.45, 7) is 6.29. The smallest absolute Gasteiger partial charge is 0.413 e. The van der Waals surface area contributed by atoms with Crippen LogP contribution >= 0.6 is 12.2 Å². The quantitative estimate of drug-likeness (QED) is 0.471. The molecule has 0 aliphatic heterocycles. The molecule has 6 heteroatoms. The van der Waals surface area contributed by atoms with E-state index in [1.807, 2.05) is 48.5 Å². The van der Waals surface area contributed by atoms with Crippen LogP contribution in [-0.2, 0) is 10.2 Å². The second-order valence-corrected chi connectivity index (χ2v) is 7.97. The molecule has 5 nitrogen and oxygen atoms in total. The summed E-state index contributed by atoms with van der Waals surface area (Å²) in [4.78, 5) is 25.4. The number of rotatable bonds is 6. The molecule has 0 saturated heterocycles. The summed E-state index contributed by atoms with van der Waals surface area (Å²) >= 11 is 5.36. The first-order chi connectivity index (χ1) is 15.0. The summed E-state index contributed by atoms with van der Waals surface area (Å²) < 4.78 is 4.92. The molecule has 0 radical (unpaired) electrons. The number of Topliss-reactive ketones (excluding diaryl/α,β-unsaturated/α-hetero) is 1. The van der Waals surface area contributed by atoms with Crippen molar-refractivity contribution in [3.8, 4) is 0 Å². The first kappa shape index (κ1) is 22.7. The van der Waals surface area contributed by atoms with Gasteiger partial charge < -0.3 is 10.1 Å². The number of amides is 1. The minimum Gasteiger partial charge on any atom is -0.450 e. The molecular formula is C25H28N2O3S. The van der Waals surface area contributed by atoms with Gasteiger partial charge in [0.25, 0.3) is 0 Å². The number of carbonyl (C=O) groups is 2. The van der Waals surface area contributed by atoms with Gasteiger partial charge in [0.2, 0.25) is 0 Å². The van der Waals surface area contributed by atoms with Gasteiger partial charge in [-0.1, -0.05) is 68.4 Å². The number of nitrogens with one attached hydrogen (secondary N) is 2. The van der Waals surface area contributed by atoms with E-state index in [0.717, 1.165) is 18.4 Å². The van der Waals surface area contributed by atoms with Crippen LogP contribution in [0.2, 0.25) is 0 Å². The van der Waals surface area contributed by atoms with E-state index >= 15 is 0 Å². The van der Waals surface area contributed by atoms with Gasteiger partial charge in [-0.25, -0.2) is 4.79 Å². The fourth-order valence-electron chi connectivity index (χ4n) is 4.23. The van der Waals surface area contributed by atoms with Gasteiger partial charge in [0.15, 0.2) is 10.9 Å². The highest BCUT2D eigenvalue weighted by Gasteiger charge is 2.39. The molecule has 0 aromatic heterocycles. The number of fused-ring (bicyclic) bond motifs is 1. The molecule has 0 saturated carbocycles. The maximum atomic E-state index is 13.6. The molecule has 1 amide bonds. The number of carbonyl (C=O) groups excluding carboxylic acids is 2. The molecule has 0 spiro atoms. The van der Waals surface area contributed by atoms with E-state index in [0.29, 0.717) is 23.3 Å². The van der Waals surface area contributed by atoms with E-state index in [-0.39, 0.29) is 22.9 Å². The normalized spacial score (nSPS) is 14.4. The Morgan fingerprint density at radius 3 is 2.29 bits per heavy atom. The molecule has 2 aromatic carbocycles. The number of hydrogen-bond acceptors (Lipinski definition) is 4. The Morgan fingerprint density at radius 2 is 1.65 bits per heavy atom. The van der Waals surface area contributed by atoms with Crippen molar-refractivity contribution >= 4 is 34.9 Å². The van der Waals surface area contributed by atoms with Crippen LogP contribution in [0.3, 0.4) is 0 Å². The van der Waals surface area contributed by atoms with Crippen LogP contribution in [0.1, 0.15) is 61.5 Å². The number of hydrogen-bond donors (Lipinski definition) is 2. The van der Waals surface area contributed by atoms with Gasteiger partial charge in [0.05, 0.1) is 12.3 Å². The maximum absolute atomic E-state index is 13.6. The Bertz CT molecular complexity index is 1010. The van der Waals surface area contributed by atoms with Crippen LogP contribution in [0.25, 0.3) is 5.70 Å². The summed E-state index contributed by atoms with van der Waals surface area (Å²) in [7, 11) is 0. The van der Waals surface area contributed by atoms with Gasteiger partial charge in [-0.2, -0.15) is 0 Å². The lowest BCUT2D eigenvalue weighted by molar-refractivity contribution is 0.102. The highest BCUT2D eigenvalue weighted by atomic mass is 32.1. The lowest BCUT2D eigenvalue weighted by atomic mass is 9.65. The van der Waals surface area contributed by atoms with E-state index in [1.165, 1.54) is 5.56 Å². The van der Waals surface area contributed by atoms with Gasteiger partial charge in [-0.15, -0.1) is 0 Å². The zero-order chi connectivity index (χ0) is 22.4. The van der Waals surface area contributed by atoms with Crippen molar-refractivity contribution in [3.05, 3.63) is 76.9 Å². The maximum Gasteiger partial charge on any atom is 0.413 e. The fraction of sp³-hybridized carbons (Fsp3) is 0.320. The SMILES string of the molecule is CCOC(=O)NC(=S)NC1=C(C(=O)c2ccccc2)CC(CC)(CC)c2ccccc21. The first-order valence-electron chi connectivity index (χ1n) is 10.6. The van der Waals surface area contributed by atoms with E-state index in [2.05, 4.69) is 30.5 Å². The standard InChI is InChI=1S/C25H28N2O3S/c1-4-25(5-2)16-19(22(28)17-12-8-7-9-13-17)21(18-14-10-11-15-20(18)25)26-23(31)27-24(29)30-6-3/h7-15H,4-6,16H2,1-3H3,(H2,26,27,29,31). The number of ether oxygens (including phenoxy) is 1. The molecule has 3 rings (SSSR count). The Balaban J connectivity index is 2.11. The molecule has 0 fully saturated rings. The Labute approximate surface area is 188 Å². The van der Waals surface area contributed by atoms with Crippen LogP contribution < -0.4 is 10.6 Å². The number of allylic oxidation sites excluding steroid dienone is 1. The van der Waals surface area contributed by atoms with E-state index < -0.39 is 6.09 Å². The molecular weight excluding hydrogens is 408 g/mol. The predicted octanol–water partition coefficient (Wildman–Crippen LogP) is 5.36. The summed E-state index contributed by atoms with van der Waals surface area (Å²) in [5, 5.41) is 5.75. The van der Waals surface area contributed by atoms with Gasteiger partial charge in [-0.05, 0) is 49.4 Å². The van der Waals surface area contributed by atoms with Crippen LogP contribution in [0, 0.1) is 0 Å². The van der Waals surface area contributed by atoms with Gasteiger partial charge >= 0.3 is 6.09 Å². The third-order valence-corrected chi connectivity index (χ3v) is 6.18. The van der Waals surface area contributed by atoms with Crippen LogP contribution in [0.15, 0.2) is 60.2 Å². The van der Waals surface area contributed by atoms with Gasteiger partial charge in [-0.3, -0.25) is 10.1 Å². The van der Waals surface area contributed by atoms with Crippen molar-refractivity contribution in [2.45, 2.75) is 45.4 Å². The predicted molar refractivity (Wildman–Crippen MR) is 127 cm³/mol. The van der Waals surface area contributed by atoms with E-state index in [9.17, 15) is 9.59 Å². The topological polar surface area (TPSA) is 67.4 Å². The second kappa shape index (κ2) is 9.88. The van der Waals surface area contributed by atoms with Gasteiger partial charge in [0, 0.05) is 16.7 Å². The number of benzene rings is 2. The number of thiocarbonyl (C=S) groups is 1. The lowest BCUT2D eigenvalue weighted by Crippen LogP contribution is -2.41. The van der Waals surface area contributed by atoms with Crippen LogP contribution in [-0.4, -0.2) is 23.6 Å². The monoisotopic (exact) mass is 436 g/mol. The summed E-state index contributed by atoms with van der Waals surface area (Å²) in [6, 6.07) is 17.3. The van der Waals surface area contributed by atoms with Crippen molar-refractivity contribution in [2.75, 3.05) is 6.61 Å². The van der Waals surface area contributed by atoms with Crippen molar-refractivity contribution in [3.63, 3.8) is 0 Å². The average molecular weight is 437 g/mol. The number of alkyl carbamates (subject to hydrolysis) is 1. The molecule has 0 heterocycles. The molecule has 2 aromatic rings. The van der Waals surface area contributed by atoms with Crippen molar-refractivity contribution < 1.29 is 14.3 Å². The minimum absolute atomic E-state index is 0.0391. The largest absolute Gasteiger partial charge is 0.450 e. The highest BCUT2D eigenvalue weighted by molar-refractivity contribution is 7.80. The molecule has 0 atom stereocenters. The zero-order valence-corrected chi connectivity index (χ0v) is 19.0. The summed E-state index contributed by atoms with van der Waals surface area (Å²) in [5.41, 5.74) is 3.92. The second-order valence-electron chi connectivity index (χ2n) is 7.56. The Morgan fingerprint density at radius 1 is 1.00 bits per heavy atom. The Hall–Kier alpha value is -2.99. The first-order valence-corrected chi connectivity index (χ1v) is 11.0. The van der Waals surface area contributed by atoms with Crippen molar-refractivity contribution in [1.29, 1.82) is 0 Å². The number of ketones is 1. The van der Waals surface area contributed by atoms with Gasteiger partial charge in [0.1, 0.15) is 0 Å². The van der Waals surface area contributed by atoms with E-state index in [1.54, 1.807) is 6.92 Å². The molecule has 2 N–H and O–H groups in total. The lowest BCUT2D eigenvalue weighted by Gasteiger charge is -2.40. The van der Waals surface area contributed by atoms with Crippen molar-refractivity contribution in [2.24, 2.45) is 0 Å². The minimum atomic E-state index is -0.628. The summed E-state index contributed by atoms with van der Waals surface area (Å²) in [5.74, 6) is -0.0391. The van der Waals surface area contributed by atoms with Crippen LogP contribution in [0.4, 0.5) is 4.79 Å². The summed E-state index contributed by atoms with van der Waals surface area (Å²) in [6.07, 6.45) is 1.78. The molecule has 0 unspecified atom stereocenters. The average Bonchev–Trinajstić information content (AvgIpc) is 2.79. The zero-order valence-electron chi connectivity index (χ0n) is 18.2.